The molecular weight excluding hydrogens is 352 g/mol. The fourth-order valence-corrected chi connectivity index (χ4v) is 2.35. The van der Waals surface area contributed by atoms with Gasteiger partial charge in [-0.15, -0.1) is 0 Å². The number of amides is 1. The molecular formula is C19H17ClN4O2. The van der Waals surface area contributed by atoms with Crippen LogP contribution in [0.3, 0.4) is 0 Å². The molecule has 7 heteroatoms. The minimum atomic E-state index is -0.329. The van der Waals surface area contributed by atoms with Crippen molar-refractivity contribution in [2.75, 3.05) is 17.2 Å². The molecule has 0 saturated carbocycles. The van der Waals surface area contributed by atoms with E-state index < -0.39 is 0 Å². The summed E-state index contributed by atoms with van der Waals surface area (Å²) in [5.74, 6) is 0.985. The van der Waals surface area contributed by atoms with Crippen LogP contribution < -0.4 is 15.4 Å². The van der Waals surface area contributed by atoms with Gasteiger partial charge in [0.1, 0.15) is 23.6 Å². The molecule has 1 heterocycles. The van der Waals surface area contributed by atoms with Crippen molar-refractivity contribution < 1.29 is 9.53 Å². The van der Waals surface area contributed by atoms with Gasteiger partial charge in [-0.25, -0.2) is 9.97 Å². The Labute approximate surface area is 156 Å². The quantitative estimate of drug-likeness (QED) is 0.668. The Balaban J connectivity index is 1.69. The highest BCUT2D eigenvalue weighted by molar-refractivity contribution is 6.30. The molecule has 0 saturated heterocycles. The molecule has 2 N–H and O–H groups in total. The molecule has 3 rings (SSSR count). The number of ether oxygens (including phenoxy) is 1. The number of hydrogen-bond acceptors (Lipinski definition) is 5. The van der Waals surface area contributed by atoms with Gasteiger partial charge in [-0.2, -0.15) is 0 Å². The number of hydrogen-bond donors (Lipinski definition) is 2. The maximum absolute atomic E-state index is 12.3. The molecule has 0 aliphatic rings. The molecule has 0 bridgehead atoms. The highest BCUT2D eigenvalue weighted by Gasteiger charge is 2.09. The van der Waals surface area contributed by atoms with Crippen molar-refractivity contribution in [2.24, 2.45) is 0 Å². The van der Waals surface area contributed by atoms with Crippen molar-refractivity contribution in [3.63, 3.8) is 0 Å². The van der Waals surface area contributed by atoms with Crippen LogP contribution in [0.15, 0.2) is 60.9 Å². The zero-order valence-electron chi connectivity index (χ0n) is 14.1. The first-order valence-electron chi connectivity index (χ1n) is 8.03. The van der Waals surface area contributed by atoms with Crippen molar-refractivity contribution in [3.8, 4) is 5.75 Å². The Morgan fingerprint density at radius 2 is 1.73 bits per heavy atom. The first kappa shape index (κ1) is 17.7. The van der Waals surface area contributed by atoms with E-state index in [-0.39, 0.29) is 11.6 Å². The van der Waals surface area contributed by atoms with E-state index in [2.05, 4.69) is 20.6 Å². The summed E-state index contributed by atoms with van der Waals surface area (Å²) >= 11 is 5.84. The van der Waals surface area contributed by atoms with Gasteiger partial charge in [0.2, 0.25) is 0 Å². The zero-order valence-corrected chi connectivity index (χ0v) is 14.8. The molecule has 0 fully saturated rings. The molecule has 0 aliphatic heterocycles. The van der Waals surface area contributed by atoms with Crippen molar-refractivity contribution in [1.29, 1.82) is 0 Å². The molecule has 3 aromatic rings. The molecule has 0 spiro atoms. The average Bonchev–Trinajstić information content (AvgIpc) is 2.66. The molecule has 1 aromatic heterocycles. The first-order chi connectivity index (χ1) is 12.6. The third-order valence-electron chi connectivity index (χ3n) is 3.44. The molecule has 0 atom stereocenters. The van der Waals surface area contributed by atoms with E-state index in [4.69, 9.17) is 16.3 Å². The van der Waals surface area contributed by atoms with Crippen LogP contribution >= 0.6 is 11.6 Å². The van der Waals surface area contributed by atoms with Crippen LogP contribution in [-0.2, 0) is 0 Å². The van der Waals surface area contributed by atoms with E-state index in [1.54, 1.807) is 30.3 Å². The van der Waals surface area contributed by atoms with Crippen LogP contribution in [0.2, 0.25) is 5.02 Å². The van der Waals surface area contributed by atoms with Gasteiger partial charge in [0.05, 0.1) is 6.61 Å². The second-order valence-corrected chi connectivity index (χ2v) is 5.77. The smallest absolute Gasteiger partial charge is 0.274 e. The van der Waals surface area contributed by atoms with Gasteiger partial charge in [-0.3, -0.25) is 4.79 Å². The van der Waals surface area contributed by atoms with E-state index in [0.717, 1.165) is 11.4 Å². The minimum Gasteiger partial charge on any atom is -0.494 e. The van der Waals surface area contributed by atoms with Crippen LogP contribution in [0.4, 0.5) is 17.2 Å². The summed E-state index contributed by atoms with van der Waals surface area (Å²) in [5.41, 5.74) is 1.72. The number of halogens is 1. The lowest BCUT2D eigenvalue weighted by Crippen LogP contribution is -2.14. The largest absolute Gasteiger partial charge is 0.494 e. The number of nitrogens with one attached hydrogen (secondary N) is 2. The molecule has 26 heavy (non-hydrogen) atoms. The normalized spacial score (nSPS) is 10.2. The Morgan fingerprint density at radius 1 is 1.04 bits per heavy atom. The summed E-state index contributed by atoms with van der Waals surface area (Å²) < 4.78 is 5.41. The summed E-state index contributed by atoms with van der Waals surface area (Å²) in [5, 5.41) is 6.51. The van der Waals surface area contributed by atoms with E-state index in [1.807, 2.05) is 31.2 Å². The molecule has 0 unspecified atom stereocenters. The highest BCUT2D eigenvalue weighted by atomic mass is 35.5. The van der Waals surface area contributed by atoms with Crippen LogP contribution in [0, 0.1) is 0 Å². The van der Waals surface area contributed by atoms with E-state index >= 15 is 0 Å². The van der Waals surface area contributed by atoms with E-state index in [9.17, 15) is 4.79 Å². The maximum atomic E-state index is 12.3. The van der Waals surface area contributed by atoms with Gasteiger partial charge in [0.25, 0.3) is 5.91 Å². The minimum absolute atomic E-state index is 0.253. The maximum Gasteiger partial charge on any atom is 0.274 e. The lowest BCUT2D eigenvalue weighted by molar-refractivity contribution is 0.102. The van der Waals surface area contributed by atoms with E-state index in [1.165, 1.54) is 6.33 Å². The summed E-state index contributed by atoms with van der Waals surface area (Å²) in [6, 6.07) is 15.9. The molecule has 0 radical (unpaired) electrons. The Bertz CT molecular complexity index is 883. The molecule has 0 aliphatic carbocycles. The van der Waals surface area contributed by atoms with Crippen molar-refractivity contribution in [3.05, 3.63) is 71.6 Å². The van der Waals surface area contributed by atoms with Crippen LogP contribution in [0.1, 0.15) is 17.4 Å². The summed E-state index contributed by atoms with van der Waals surface area (Å²) in [4.78, 5) is 20.5. The van der Waals surface area contributed by atoms with Crippen LogP contribution in [-0.4, -0.2) is 22.5 Å². The van der Waals surface area contributed by atoms with Crippen LogP contribution in [0.5, 0.6) is 5.75 Å². The summed E-state index contributed by atoms with van der Waals surface area (Å²) in [6.07, 6.45) is 1.34. The topological polar surface area (TPSA) is 76.1 Å². The number of anilines is 3. The fraction of sp³-hybridized carbons (Fsp3) is 0.105. The number of carbonyl (C=O) groups is 1. The fourth-order valence-electron chi connectivity index (χ4n) is 2.23. The lowest BCUT2D eigenvalue weighted by Gasteiger charge is -2.09. The average molecular weight is 369 g/mol. The Morgan fingerprint density at radius 3 is 2.42 bits per heavy atom. The Hall–Kier alpha value is -3.12. The standard InChI is InChI=1S/C19H17ClN4O2/c1-2-26-16-9-7-14(8-10-16)23-18-11-17(21-12-22-18)19(25)24-15-5-3-13(20)4-6-15/h3-12H,2H2,1H3,(H,24,25)(H,21,22,23). The van der Waals surface area contributed by atoms with Gasteiger partial charge in [-0.05, 0) is 55.5 Å². The monoisotopic (exact) mass is 368 g/mol. The third-order valence-corrected chi connectivity index (χ3v) is 3.69. The SMILES string of the molecule is CCOc1ccc(Nc2cc(C(=O)Nc3ccc(Cl)cc3)ncn2)cc1. The molecule has 1 amide bonds. The highest BCUT2D eigenvalue weighted by Crippen LogP contribution is 2.19. The number of aromatic nitrogens is 2. The molecule has 6 nitrogen and oxygen atoms in total. The summed E-state index contributed by atoms with van der Waals surface area (Å²) in [6.45, 7) is 2.55. The van der Waals surface area contributed by atoms with E-state index in [0.29, 0.717) is 23.1 Å². The van der Waals surface area contributed by atoms with Crippen molar-refractivity contribution in [2.45, 2.75) is 6.92 Å². The van der Waals surface area contributed by atoms with Gasteiger partial charge in [0.15, 0.2) is 0 Å². The predicted molar refractivity (Wildman–Crippen MR) is 102 cm³/mol. The Kier molecular flexibility index (Phi) is 5.66. The van der Waals surface area contributed by atoms with Crippen molar-refractivity contribution >= 4 is 34.7 Å². The second-order valence-electron chi connectivity index (χ2n) is 5.33. The van der Waals surface area contributed by atoms with Crippen molar-refractivity contribution in [1.82, 2.24) is 9.97 Å². The first-order valence-corrected chi connectivity index (χ1v) is 8.40. The van der Waals surface area contributed by atoms with Gasteiger partial charge < -0.3 is 15.4 Å². The third kappa shape index (κ3) is 4.70. The zero-order chi connectivity index (χ0) is 18.4. The lowest BCUT2D eigenvalue weighted by atomic mass is 10.3. The number of rotatable bonds is 6. The van der Waals surface area contributed by atoms with Crippen LogP contribution in [0.25, 0.3) is 0 Å². The number of benzene rings is 2. The van der Waals surface area contributed by atoms with Gasteiger partial charge >= 0.3 is 0 Å². The van der Waals surface area contributed by atoms with Gasteiger partial charge in [-0.1, -0.05) is 11.6 Å². The number of nitrogens with zero attached hydrogens (tertiary/aromatic N) is 2. The second kappa shape index (κ2) is 8.31. The summed E-state index contributed by atoms with van der Waals surface area (Å²) in [7, 11) is 0. The molecule has 2 aromatic carbocycles. The number of carbonyl (C=O) groups excluding carboxylic acids is 1. The van der Waals surface area contributed by atoms with Gasteiger partial charge in [0, 0.05) is 22.5 Å². The predicted octanol–water partition coefficient (Wildman–Crippen LogP) is 4.52. The molecule has 132 valence electrons.